The van der Waals surface area contributed by atoms with Crippen LogP contribution in [0.2, 0.25) is 0 Å². The van der Waals surface area contributed by atoms with Gasteiger partial charge in [0.25, 0.3) is 0 Å². The number of benzene rings is 3. The summed E-state index contributed by atoms with van der Waals surface area (Å²) in [4.78, 5) is 0. The topological polar surface area (TPSA) is 0 Å². The van der Waals surface area contributed by atoms with E-state index in [1.54, 1.807) is 0 Å². The summed E-state index contributed by atoms with van der Waals surface area (Å²) in [5.74, 6) is 0. The van der Waals surface area contributed by atoms with Crippen LogP contribution in [0.5, 0.6) is 0 Å². The van der Waals surface area contributed by atoms with E-state index < -0.39 is 0 Å². The van der Waals surface area contributed by atoms with Gasteiger partial charge >= 0.3 is 26.2 Å². The van der Waals surface area contributed by atoms with E-state index in [2.05, 4.69) is 18.2 Å². The molecule has 0 spiro atoms. The maximum Gasteiger partial charge on any atom is 2.00 e. The Morgan fingerprint density at radius 3 is 0.571 bits per heavy atom. The molecule has 3 aromatic carbocycles. The zero-order valence-corrected chi connectivity index (χ0v) is 16.4. The average Bonchev–Trinajstić information content (AvgIpc) is 2.54. The van der Waals surface area contributed by atoms with Gasteiger partial charge < -0.3 is 24.8 Å². The first kappa shape index (κ1) is 25.1. The normalized spacial score (nSPS) is 6.86. The van der Waals surface area contributed by atoms with Crippen molar-refractivity contribution in [3.8, 4) is 0 Å². The SMILES string of the molecule is [Bi+2].[Cl-].[Cl-].[c]1ccccc1.[c]1ccccc1.[c]1ccccc1. The van der Waals surface area contributed by atoms with Gasteiger partial charge in [-0.05, 0) is 18.2 Å². The van der Waals surface area contributed by atoms with E-state index in [1.165, 1.54) is 0 Å². The molecule has 0 saturated carbocycles. The molecule has 3 heteroatoms. The largest absolute Gasteiger partial charge is 2.00 e. The van der Waals surface area contributed by atoms with Crippen molar-refractivity contribution in [1.82, 2.24) is 0 Å². The third-order valence-electron chi connectivity index (χ3n) is 1.82. The molecule has 0 aromatic heterocycles. The fourth-order valence-electron chi connectivity index (χ4n) is 1.03. The number of halogens is 2. The van der Waals surface area contributed by atoms with Gasteiger partial charge in [0, 0.05) is 0 Å². The van der Waals surface area contributed by atoms with E-state index in [9.17, 15) is 0 Å². The maximum absolute atomic E-state index is 2.89. The fourth-order valence-corrected chi connectivity index (χ4v) is 1.03. The number of hydrogen-bond donors (Lipinski definition) is 0. The molecule has 0 atom stereocenters. The van der Waals surface area contributed by atoms with Gasteiger partial charge in [0.1, 0.15) is 0 Å². The summed E-state index contributed by atoms with van der Waals surface area (Å²) in [6.45, 7) is 0. The second kappa shape index (κ2) is 21.4. The van der Waals surface area contributed by atoms with Crippen molar-refractivity contribution < 1.29 is 24.8 Å². The van der Waals surface area contributed by atoms with Gasteiger partial charge in [-0.15, -0.1) is 0 Å². The minimum atomic E-state index is 0. The molecule has 0 nitrogen and oxygen atoms in total. The van der Waals surface area contributed by atoms with Gasteiger partial charge in [-0.2, -0.15) is 0 Å². The van der Waals surface area contributed by atoms with E-state index in [0.29, 0.717) is 0 Å². The van der Waals surface area contributed by atoms with Crippen molar-refractivity contribution in [2.24, 2.45) is 0 Å². The van der Waals surface area contributed by atoms with Crippen LogP contribution >= 0.6 is 0 Å². The second-order valence-corrected chi connectivity index (χ2v) is 3.23. The van der Waals surface area contributed by atoms with Crippen LogP contribution in [0.3, 0.4) is 0 Å². The standard InChI is InChI=1S/3C6H5.Bi.2ClH/c3*1-2-4-6-5-3-1;;;/h3*1-5H;;2*1H/q;;;+2;;/p-2. The molecular formula is C18H15BiCl2. The Morgan fingerprint density at radius 1 is 0.333 bits per heavy atom. The molecule has 0 bridgehead atoms. The molecule has 0 unspecified atom stereocenters. The quantitative estimate of drug-likeness (QED) is 0.310. The van der Waals surface area contributed by atoms with E-state index in [0.717, 1.165) is 0 Å². The Hall–Kier alpha value is -0.877. The van der Waals surface area contributed by atoms with Gasteiger partial charge in [0.2, 0.25) is 0 Å². The van der Waals surface area contributed by atoms with Crippen molar-refractivity contribution in [3.05, 3.63) is 109 Å². The van der Waals surface area contributed by atoms with Gasteiger partial charge in [-0.1, -0.05) is 91.0 Å². The van der Waals surface area contributed by atoms with Crippen molar-refractivity contribution in [3.63, 3.8) is 0 Å². The first-order chi connectivity index (χ1) is 9.00. The van der Waals surface area contributed by atoms with Crippen LogP contribution in [0.25, 0.3) is 0 Å². The van der Waals surface area contributed by atoms with E-state index in [1.807, 2.05) is 91.0 Å². The molecular weight excluding hydrogens is 496 g/mol. The minimum Gasteiger partial charge on any atom is -1.00 e. The van der Waals surface area contributed by atoms with Crippen LogP contribution in [0, 0.1) is 18.2 Å². The first-order valence-electron chi connectivity index (χ1n) is 5.73. The fraction of sp³-hybridized carbons (Fsp3) is 0. The summed E-state index contributed by atoms with van der Waals surface area (Å²) in [5, 5.41) is 0. The zero-order chi connectivity index (χ0) is 12.7. The summed E-state index contributed by atoms with van der Waals surface area (Å²) in [7, 11) is 0. The molecule has 0 fully saturated rings. The van der Waals surface area contributed by atoms with Gasteiger partial charge in [-0.3, -0.25) is 0 Å². The number of hydrogen-bond acceptors (Lipinski definition) is 0. The predicted molar refractivity (Wildman–Crippen MR) is 81.6 cm³/mol. The summed E-state index contributed by atoms with van der Waals surface area (Å²) in [6, 6.07) is 37.5. The van der Waals surface area contributed by atoms with Crippen LogP contribution in [0.1, 0.15) is 0 Å². The minimum absolute atomic E-state index is 0. The predicted octanol–water partition coefficient (Wildman–Crippen LogP) is -1.91. The van der Waals surface area contributed by atoms with Crippen molar-refractivity contribution in [2.45, 2.75) is 0 Å². The third-order valence-corrected chi connectivity index (χ3v) is 1.82. The van der Waals surface area contributed by atoms with Gasteiger partial charge in [-0.25, -0.2) is 0 Å². The van der Waals surface area contributed by atoms with Gasteiger partial charge in [0.15, 0.2) is 0 Å². The molecule has 3 aromatic rings. The third kappa shape index (κ3) is 19.1. The summed E-state index contributed by atoms with van der Waals surface area (Å²) in [6.07, 6.45) is 0. The Bertz CT molecular complexity index is 306. The first-order valence-corrected chi connectivity index (χ1v) is 5.73. The van der Waals surface area contributed by atoms with Crippen molar-refractivity contribution in [2.75, 3.05) is 0 Å². The molecule has 0 aliphatic carbocycles. The Labute approximate surface area is 159 Å². The molecule has 0 aliphatic heterocycles. The van der Waals surface area contributed by atoms with E-state index in [4.69, 9.17) is 0 Å². The Kier molecular flexibility index (Phi) is 25.6. The van der Waals surface area contributed by atoms with E-state index >= 15 is 0 Å². The molecule has 0 N–H and O–H groups in total. The van der Waals surface area contributed by atoms with Crippen LogP contribution < -0.4 is 24.8 Å². The Balaban J connectivity index is -0.000000216. The zero-order valence-electron chi connectivity index (χ0n) is 11.4. The molecule has 3 rings (SSSR count). The maximum atomic E-state index is 2.89. The monoisotopic (exact) mass is 510 g/mol. The second-order valence-electron chi connectivity index (χ2n) is 3.23. The summed E-state index contributed by atoms with van der Waals surface area (Å²) >= 11 is 0. The van der Waals surface area contributed by atoms with Crippen LogP contribution in [-0.4, -0.2) is 26.2 Å². The summed E-state index contributed by atoms with van der Waals surface area (Å²) in [5.41, 5.74) is 0. The molecule has 6 radical (unpaired) electrons. The number of rotatable bonds is 0. The summed E-state index contributed by atoms with van der Waals surface area (Å²) < 4.78 is 0. The molecule has 0 aliphatic rings. The smallest absolute Gasteiger partial charge is 1.00 e. The van der Waals surface area contributed by atoms with Gasteiger partial charge in [0.05, 0.1) is 0 Å². The molecule has 0 saturated heterocycles. The van der Waals surface area contributed by atoms with E-state index in [-0.39, 0.29) is 51.0 Å². The average molecular weight is 511 g/mol. The van der Waals surface area contributed by atoms with Crippen molar-refractivity contribution in [1.29, 1.82) is 0 Å². The van der Waals surface area contributed by atoms with Crippen LogP contribution in [-0.2, 0) is 0 Å². The molecule has 0 heterocycles. The van der Waals surface area contributed by atoms with Crippen LogP contribution in [0.15, 0.2) is 91.0 Å². The van der Waals surface area contributed by atoms with Crippen molar-refractivity contribution >= 4 is 26.2 Å². The molecule has 106 valence electrons. The van der Waals surface area contributed by atoms with Crippen LogP contribution in [0.4, 0.5) is 0 Å². The molecule has 21 heavy (non-hydrogen) atoms. The molecule has 0 amide bonds. The Morgan fingerprint density at radius 2 is 0.524 bits per heavy atom.